The first-order valence-electron chi connectivity index (χ1n) is 7.45. The zero-order chi connectivity index (χ0) is 16.9. The van der Waals surface area contributed by atoms with Crippen molar-refractivity contribution in [2.45, 2.75) is 37.7 Å². The molecule has 3 heterocycles. The topological polar surface area (TPSA) is 122 Å². The molecule has 0 spiro atoms. The molecule has 4 N–H and O–H groups in total. The van der Waals surface area contributed by atoms with Crippen molar-refractivity contribution in [3.63, 3.8) is 0 Å². The van der Waals surface area contributed by atoms with Crippen molar-refractivity contribution in [1.82, 2.24) is 10.4 Å². The molecule has 3 aliphatic rings. The fourth-order valence-electron chi connectivity index (χ4n) is 3.57. The number of aliphatic hydroxyl groups is 1. The number of aliphatic carboxylic acids is 1. The molecular formula is C14H19N3O5S. The van der Waals surface area contributed by atoms with E-state index in [1.54, 1.807) is 6.92 Å². The van der Waals surface area contributed by atoms with Gasteiger partial charge in [-0.25, -0.2) is 4.79 Å². The van der Waals surface area contributed by atoms with Crippen LogP contribution in [0.25, 0.3) is 0 Å². The molecule has 3 aliphatic heterocycles. The molecule has 0 aliphatic carbocycles. The van der Waals surface area contributed by atoms with Gasteiger partial charge in [-0.1, -0.05) is 6.92 Å². The van der Waals surface area contributed by atoms with Gasteiger partial charge in [0.25, 0.3) is 0 Å². The van der Waals surface area contributed by atoms with Crippen LogP contribution in [0.1, 0.15) is 20.3 Å². The molecule has 5 unspecified atom stereocenters. The van der Waals surface area contributed by atoms with Gasteiger partial charge in [0.05, 0.1) is 24.6 Å². The van der Waals surface area contributed by atoms with E-state index in [9.17, 15) is 19.8 Å². The van der Waals surface area contributed by atoms with Gasteiger partial charge in [0.1, 0.15) is 11.5 Å². The first-order valence-corrected chi connectivity index (χ1v) is 8.33. The number of hydrogen-bond acceptors (Lipinski definition) is 7. The molecule has 1 saturated heterocycles. The number of amides is 1. The number of nitrogens with one attached hydrogen (secondary N) is 1. The first-order chi connectivity index (χ1) is 10.9. The molecular weight excluding hydrogens is 322 g/mol. The molecule has 8 nitrogen and oxygen atoms in total. The minimum absolute atomic E-state index is 0.0234. The molecule has 0 bridgehead atoms. The summed E-state index contributed by atoms with van der Waals surface area (Å²) in [6.45, 7) is 3.93. The number of aliphatic imine (C=N–C) groups is 1. The van der Waals surface area contributed by atoms with E-state index in [2.05, 4.69) is 4.99 Å². The normalized spacial score (nSPS) is 34.2. The van der Waals surface area contributed by atoms with Gasteiger partial charge in [0.2, 0.25) is 5.91 Å². The monoisotopic (exact) mass is 341 g/mol. The van der Waals surface area contributed by atoms with Crippen molar-refractivity contribution < 1.29 is 25.0 Å². The van der Waals surface area contributed by atoms with E-state index in [1.165, 1.54) is 16.7 Å². The lowest BCUT2D eigenvalue weighted by Crippen LogP contribution is -2.63. The molecule has 126 valence electrons. The van der Waals surface area contributed by atoms with Crippen LogP contribution in [0.5, 0.6) is 0 Å². The fraction of sp³-hybridized carbons (Fsp3) is 0.643. The molecule has 0 aromatic carbocycles. The third-order valence-corrected chi connectivity index (χ3v) is 6.11. The molecule has 0 saturated carbocycles. The van der Waals surface area contributed by atoms with Crippen molar-refractivity contribution >= 4 is 29.5 Å². The van der Waals surface area contributed by atoms with E-state index in [0.29, 0.717) is 23.7 Å². The summed E-state index contributed by atoms with van der Waals surface area (Å²) in [5, 5.41) is 28.2. The molecule has 3 rings (SSSR count). The molecule has 0 aromatic rings. The van der Waals surface area contributed by atoms with Crippen LogP contribution in [0.15, 0.2) is 15.6 Å². The highest BCUT2D eigenvalue weighted by atomic mass is 32.2. The number of amidine groups is 1. The zero-order valence-electron chi connectivity index (χ0n) is 12.8. The number of carboxylic acid groups (broad SMARTS) is 1. The van der Waals surface area contributed by atoms with Crippen LogP contribution in [0, 0.1) is 11.8 Å². The number of fused-ring (bicyclic) bond motifs is 1. The van der Waals surface area contributed by atoms with Crippen LogP contribution >= 0.6 is 11.8 Å². The van der Waals surface area contributed by atoms with Gasteiger partial charge in [-0.3, -0.25) is 20.5 Å². The van der Waals surface area contributed by atoms with Crippen molar-refractivity contribution in [2.24, 2.45) is 16.8 Å². The first kappa shape index (κ1) is 16.3. The maximum Gasteiger partial charge on any atom is 0.353 e. The molecule has 9 heteroatoms. The number of thioether (sulfide) groups is 1. The van der Waals surface area contributed by atoms with Gasteiger partial charge in [0, 0.05) is 22.5 Å². The number of rotatable bonds is 4. The Balaban J connectivity index is 1.84. The quantitative estimate of drug-likeness (QED) is 0.420. The smallest absolute Gasteiger partial charge is 0.353 e. The molecule has 5 atom stereocenters. The SMILES string of the molecule is CC(O)C1C(=O)N2C(C(=O)O)=C(SC3CN=C(NO)C3)C(C)C12. The average Bonchev–Trinajstić information content (AvgIpc) is 3.02. The summed E-state index contributed by atoms with van der Waals surface area (Å²) in [4.78, 5) is 30.0. The number of carboxylic acids is 1. The van der Waals surface area contributed by atoms with Gasteiger partial charge in [0.15, 0.2) is 0 Å². The molecule has 23 heavy (non-hydrogen) atoms. The molecule has 0 aromatic heterocycles. The van der Waals surface area contributed by atoms with Gasteiger partial charge in [-0.15, -0.1) is 11.8 Å². The van der Waals surface area contributed by atoms with Crippen LogP contribution < -0.4 is 5.48 Å². The fourth-order valence-corrected chi connectivity index (χ4v) is 4.98. The average molecular weight is 341 g/mol. The Morgan fingerprint density at radius 2 is 2.22 bits per heavy atom. The lowest BCUT2D eigenvalue weighted by molar-refractivity contribution is -0.163. The van der Waals surface area contributed by atoms with Crippen molar-refractivity contribution in [3.8, 4) is 0 Å². The van der Waals surface area contributed by atoms with E-state index in [0.717, 1.165) is 0 Å². The van der Waals surface area contributed by atoms with E-state index in [4.69, 9.17) is 5.21 Å². The van der Waals surface area contributed by atoms with Gasteiger partial charge < -0.3 is 15.1 Å². The zero-order valence-corrected chi connectivity index (χ0v) is 13.6. The largest absolute Gasteiger partial charge is 0.477 e. The van der Waals surface area contributed by atoms with Crippen molar-refractivity contribution in [2.75, 3.05) is 6.54 Å². The standard InChI is InChI=1S/C14H19N3O5S/c1-5-10-9(6(2)18)13(19)17(10)11(14(20)21)12(5)23-7-3-8(16-22)15-4-7/h5-7,9-10,18,22H,3-4H2,1-2H3,(H,15,16)(H,20,21). The van der Waals surface area contributed by atoms with Crippen molar-refractivity contribution in [3.05, 3.63) is 10.6 Å². The predicted octanol–water partition coefficient (Wildman–Crippen LogP) is 0.0229. The van der Waals surface area contributed by atoms with Crippen LogP contribution in [0.2, 0.25) is 0 Å². The van der Waals surface area contributed by atoms with Crippen LogP contribution in [0.4, 0.5) is 0 Å². The summed E-state index contributed by atoms with van der Waals surface area (Å²) in [6.07, 6.45) is -0.284. The summed E-state index contributed by atoms with van der Waals surface area (Å²) in [5.41, 5.74) is 2.06. The second-order valence-electron chi connectivity index (χ2n) is 6.12. The lowest BCUT2D eigenvalue weighted by atomic mass is 9.79. The van der Waals surface area contributed by atoms with E-state index in [1.807, 2.05) is 12.4 Å². The maximum absolute atomic E-state index is 12.2. The van der Waals surface area contributed by atoms with Crippen LogP contribution in [0.3, 0.4) is 0 Å². The maximum atomic E-state index is 12.2. The Hall–Kier alpha value is -1.58. The number of hydroxylamine groups is 1. The number of hydrogen-bond donors (Lipinski definition) is 4. The van der Waals surface area contributed by atoms with Crippen molar-refractivity contribution in [1.29, 1.82) is 0 Å². The van der Waals surface area contributed by atoms with Crippen LogP contribution in [-0.2, 0) is 9.59 Å². The van der Waals surface area contributed by atoms with E-state index >= 15 is 0 Å². The minimum atomic E-state index is -1.13. The summed E-state index contributed by atoms with van der Waals surface area (Å²) < 4.78 is 0. The Labute approximate surface area is 137 Å². The number of β-lactam (4-membered cyclic amide) rings is 1. The van der Waals surface area contributed by atoms with E-state index < -0.39 is 18.0 Å². The lowest BCUT2D eigenvalue weighted by Gasteiger charge is -2.46. The Morgan fingerprint density at radius 1 is 1.52 bits per heavy atom. The van der Waals surface area contributed by atoms with E-state index in [-0.39, 0.29) is 28.8 Å². The third-order valence-electron chi connectivity index (χ3n) is 4.64. The summed E-state index contributed by atoms with van der Waals surface area (Å²) >= 11 is 1.40. The van der Waals surface area contributed by atoms with Crippen LogP contribution in [-0.4, -0.2) is 62.0 Å². The Bertz CT molecular complexity index is 618. The van der Waals surface area contributed by atoms with Gasteiger partial charge in [-0.2, -0.15) is 0 Å². The number of carbonyl (C=O) groups is 2. The highest BCUT2D eigenvalue weighted by Crippen LogP contribution is 2.51. The number of nitrogens with zero attached hydrogens (tertiary/aromatic N) is 2. The van der Waals surface area contributed by atoms with Gasteiger partial charge >= 0.3 is 5.97 Å². The Morgan fingerprint density at radius 3 is 2.74 bits per heavy atom. The highest BCUT2D eigenvalue weighted by Gasteiger charge is 2.60. The second-order valence-corrected chi connectivity index (χ2v) is 7.46. The predicted molar refractivity (Wildman–Crippen MR) is 82.9 cm³/mol. The summed E-state index contributed by atoms with van der Waals surface area (Å²) in [7, 11) is 0. The Kier molecular flexibility index (Phi) is 4.11. The molecule has 0 radical (unpaired) electrons. The highest BCUT2D eigenvalue weighted by molar-refractivity contribution is 8.03. The third kappa shape index (κ3) is 2.43. The summed E-state index contributed by atoms with van der Waals surface area (Å²) in [6, 6.07) is -0.297. The molecule has 1 amide bonds. The number of carbonyl (C=O) groups excluding carboxylic acids is 1. The number of aliphatic hydroxyl groups excluding tert-OH is 1. The minimum Gasteiger partial charge on any atom is -0.477 e. The second kappa shape index (κ2) is 5.81. The summed E-state index contributed by atoms with van der Waals surface area (Å²) in [5.74, 6) is -1.67. The van der Waals surface area contributed by atoms with Gasteiger partial charge in [-0.05, 0) is 6.92 Å². The molecule has 1 fully saturated rings.